The average Bonchev–Trinajstić information content (AvgIpc) is 2.73. The average molecular weight is 282 g/mol. The van der Waals surface area contributed by atoms with Crippen LogP contribution in [0.1, 0.15) is 46.0 Å². The van der Waals surface area contributed by atoms with Gasteiger partial charge in [-0.15, -0.1) is 0 Å². The monoisotopic (exact) mass is 282 g/mol. The van der Waals surface area contributed by atoms with Crippen molar-refractivity contribution in [3.05, 3.63) is 36.5 Å². The Bertz CT molecular complexity index is 591. The van der Waals surface area contributed by atoms with E-state index in [1.807, 2.05) is 12.3 Å². The Morgan fingerprint density at radius 3 is 2.86 bits per heavy atom. The fourth-order valence-electron chi connectivity index (χ4n) is 3.54. The zero-order valence-electron chi connectivity index (χ0n) is 13.2. The predicted octanol–water partition coefficient (Wildman–Crippen LogP) is 5.25. The van der Waals surface area contributed by atoms with Crippen LogP contribution in [0.2, 0.25) is 0 Å². The smallest absolute Gasteiger partial charge is 0.0703 e. The van der Waals surface area contributed by atoms with Crippen molar-refractivity contribution in [3.8, 4) is 0 Å². The van der Waals surface area contributed by atoms with Gasteiger partial charge in [-0.25, -0.2) is 0 Å². The van der Waals surface area contributed by atoms with Gasteiger partial charge in [0.05, 0.1) is 5.52 Å². The molecular weight excluding hydrogens is 256 g/mol. The van der Waals surface area contributed by atoms with E-state index >= 15 is 0 Å². The molecular formula is C19H26N2. The number of aromatic nitrogens is 1. The number of pyridine rings is 1. The third kappa shape index (κ3) is 3.55. The van der Waals surface area contributed by atoms with E-state index in [4.69, 9.17) is 0 Å². The molecule has 0 radical (unpaired) electrons. The van der Waals surface area contributed by atoms with Gasteiger partial charge in [-0.05, 0) is 55.4 Å². The molecule has 1 fully saturated rings. The summed E-state index contributed by atoms with van der Waals surface area (Å²) in [4.78, 5) is 4.39. The molecule has 0 aliphatic heterocycles. The summed E-state index contributed by atoms with van der Waals surface area (Å²) in [5.41, 5.74) is 2.31. The maximum atomic E-state index is 4.39. The summed E-state index contributed by atoms with van der Waals surface area (Å²) < 4.78 is 0. The summed E-state index contributed by atoms with van der Waals surface area (Å²) in [6.07, 6.45) is 8.58. The zero-order chi connectivity index (χ0) is 14.7. The fourth-order valence-corrected chi connectivity index (χ4v) is 3.54. The Hall–Kier alpha value is -1.57. The maximum absolute atomic E-state index is 4.39. The van der Waals surface area contributed by atoms with Crippen LogP contribution in [0.15, 0.2) is 36.5 Å². The third-order valence-electron chi connectivity index (χ3n) is 4.93. The largest absolute Gasteiger partial charge is 0.382 e. The van der Waals surface area contributed by atoms with Crippen LogP contribution in [0.3, 0.4) is 0 Å². The van der Waals surface area contributed by atoms with Gasteiger partial charge in [0.25, 0.3) is 0 Å². The molecule has 2 unspecified atom stereocenters. The third-order valence-corrected chi connectivity index (χ3v) is 4.93. The summed E-state index contributed by atoms with van der Waals surface area (Å²) in [6.45, 7) is 4.74. The van der Waals surface area contributed by atoms with E-state index in [9.17, 15) is 0 Å². The number of fused-ring (bicyclic) bond motifs is 1. The molecule has 1 aromatic heterocycles. The quantitative estimate of drug-likeness (QED) is 0.777. The van der Waals surface area contributed by atoms with Gasteiger partial charge in [-0.1, -0.05) is 32.8 Å². The number of nitrogens with zero attached hydrogens (tertiary/aromatic N) is 1. The molecule has 1 heterocycles. The Labute approximate surface area is 128 Å². The molecule has 1 saturated carbocycles. The Balaban J connectivity index is 1.67. The van der Waals surface area contributed by atoms with Crippen molar-refractivity contribution in [1.29, 1.82) is 0 Å². The lowest BCUT2D eigenvalue weighted by Gasteiger charge is -2.20. The van der Waals surface area contributed by atoms with Gasteiger partial charge < -0.3 is 5.32 Å². The molecule has 0 bridgehead atoms. The Morgan fingerprint density at radius 2 is 2.00 bits per heavy atom. The molecule has 3 rings (SSSR count). The van der Waals surface area contributed by atoms with E-state index in [1.165, 1.54) is 43.2 Å². The van der Waals surface area contributed by atoms with Crippen molar-refractivity contribution in [1.82, 2.24) is 4.98 Å². The molecule has 0 spiro atoms. The van der Waals surface area contributed by atoms with Gasteiger partial charge in [0.1, 0.15) is 0 Å². The second-order valence-electron chi connectivity index (χ2n) is 6.76. The molecule has 1 N–H and O–H groups in total. The Kier molecular flexibility index (Phi) is 4.42. The predicted molar refractivity (Wildman–Crippen MR) is 90.6 cm³/mol. The minimum Gasteiger partial charge on any atom is -0.382 e. The van der Waals surface area contributed by atoms with Crippen LogP contribution in [-0.2, 0) is 0 Å². The van der Waals surface area contributed by atoms with Crippen molar-refractivity contribution >= 4 is 16.6 Å². The molecule has 2 aromatic rings. The SMILES string of the molecule is CC(C)C1CCCC(Nc2ccc3ncccc3c2)CC1. The van der Waals surface area contributed by atoms with E-state index in [0.717, 1.165) is 17.4 Å². The van der Waals surface area contributed by atoms with Gasteiger partial charge in [0.2, 0.25) is 0 Å². The van der Waals surface area contributed by atoms with Crippen LogP contribution in [-0.4, -0.2) is 11.0 Å². The lowest BCUT2D eigenvalue weighted by Crippen LogP contribution is -2.18. The van der Waals surface area contributed by atoms with Gasteiger partial charge in [-0.2, -0.15) is 0 Å². The molecule has 0 saturated heterocycles. The van der Waals surface area contributed by atoms with Crippen LogP contribution in [0.4, 0.5) is 5.69 Å². The van der Waals surface area contributed by atoms with Crippen LogP contribution >= 0.6 is 0 Å². The number of hydrogen-bond donors (Lipinski definition) is 1. The highest BCUT2D eigenvalue weighted by Gasteiger charge is 2.20. The molecule has 1 aromatic carbocycles. The Morgan fingerprint density at radius 1 is 1.10 bits per heavy atom. The van der Waals surface area contributed by atoms with Crippen molar-refractivity contribution in [2.45, 2.75) is 52.0 Å². The number of rotatable bonds is 3. The van der Waals surface area contributed by atoms with Crippen LogP contribution in [0.25, 0.3) is 10.9 Å². The molecule has 21 heavy (non-hydrogen) atoms. The summed E-state index contributed by atoms with van der Waals surface area (Å²) in [6, 6.07) is 11.3. The maximum Gasteiger partial charge on any atom is 0.0703 e. The lowest BCUT2D eigenvalue weighted by atomic mass is 9.89. The van der Waals surface area contributed by atoms with E-state index < -0.39 is 0 Å². The lowest BCUT2D eigenvalue weighted by molar-refractivity contribution is 0.341. The normalized spacial score (nSPS) is 23.2. The van der Waals surface area contributed by atoms with Gasteiger partial charge in [0.15, 0.2) is 0 Å². The highest BCUT2D eigenvalue weighted by atomic mass is 14.9. The number of hydrogen-bond acceptors (Lipinski definition) is 2. The molecule has 2 nitrogen and oxygen atoms in total. The van der Waals surface area contributed by atoms with Crippen LogP contribution in [0.5, 0.6) is 0 Å². The first-order valence-corrected chi connectivity index (χ1v) is 8.33. The fraction of sp³-hybridized carbons (Fsp3) is 0.526. The van der Waals surface area contributed by atoms with Crippen molar-refractivity contribution in [3.63, 3.8) is 0 Å². The zero-order valence-corrected chi connectivity index (χ0v) is 13.2. The van der Waals surface area contributed by atoms with E-state index in [1.54, 1.807) is 0 Å². The molecule has 0 amide bonds. The van der Waals surface area contributed by atoms with E-state index in [0.29, 0.717) is 6.04 Å². The second-order valence-corrected chi connectivity index (χ2v) is 6.76. The summed E-state index contributed by atoms with van der Waals surface area (Å²) in [5, 5.41) is 4.96. The molecule has 2 heteroatoms. The van der Waals surface area contributed by atoms with Gasteiger partial charge in [-0.3, -0.25) is 4.98 Å². The summed E-state index contributed by atoms with van der Waals surface area (Å²) in [7, 11) is 0. The van der Waals surface area contributed by atoms with E-state index in [-0.39, 0.29) is 0 Å². The van der Waals surface area contributed by atoms with Crippen molar-refractivity contribution in [2.75, 3.05) is 5.32 Å². The molecule has 1 aliphatic carbocycles. The molecule has 112 valence electrons. The number of benzene rings is 1. The molecule has 2 atom stereocenters. The summed E-state index contributed by atoms with van der Waals surface area (Å²) >= 11 is 0. The van der Waals surface area contributed by atoms with Crippen LogP contribution in [0, 0.1) is 11.8 Å². The number of anilines is 1. The first-order chi connectivity index (χ1) is 10.2. The minimum atomic E-state index is 0.628. The second kappa shape index (κ2) is 6.46. The van der Waals surface area contributed by atoms with Crippen molar-refractivity contribution in [2.24, 2.45) is 11.8 Å². The van der Waals surface area contributed by atoms with Crippen LogP contribution < -0.4 is 5.32 Å². The minimum absolute atomic E-state index is 0.628. The first-order valence-electron chi connectivity index (χ1n) is 8.33. The van der Waals surface area contributed by atoms with E-state index in [2.05, 4.69) is 48.4 Å². The number of nitrogens with one attached hydrogen (secondary N) is 1. The highest BCUT2D eigenvalue weighted by Crippen LogP contribution is 2.30. The summed E-state index contributed by atoms with van der Waals surface area (Å²) in [5.74, 6) is 1.74. The highest BCUT2D eigenvalue weighted by molar-refractivity contribution is 5.82. The van der Waals surface area contributed by atoms with Gasteiger partial charge in [0, 0.05) is 23.3 Å². The molecule has 1 aliphatic rings. The standard InChI is InChI=1S/C19H26N2/c1-14(2)15-5-3-7-17(9-8-15)21-18-10-11-19-16(13-18)6-4-12-20-19/h4,6,10-15,17,21H,3,5,7-9H2,1-2H3. The van der Waals surface area contributed by atoms with Gasteiger partial charge >= 0.3 is 0 Å². The first kappa shape index (κ1) is 14.4. The van der Waals surface area contributed by atoms with Crippen molar-refractivity contribution < 1.29 is 0 Å². The topological polar surface area (TPSA) is 24.9 Å².